The fourth-order valence-corrected chi connectivity index (χ4v) is 4.05. The molecule has 0 N–H and O–H groups in total. The number of ether oxygens (including phenoxy) is 1. The van der Waals surface area contributed by atoms with Gasteiger partial charge in [0.25, 0.3) is 0 Å². The molecule has 5 heteroatoms. The third-order valence-electron chi connectivity index (χ3n) is 5.39. The van der Waals surface area contributed by atoms with Crippen LogP contribution in [0.25, 0.3) is 0 Å². The molecule has 2 bridgehead atoms. The minimum atomic E-state index is -4.92. The average Bonchev–Trinajstić information content (AvgIpc) is 2.44. The van der Waals surface area contributed by atoms with Gasteiger partial charge in [-0.2, -0.15) is 13.2 Å². The van der Waals surface area contributed by atoms with Crippen molar-refractivity contribution in [3.8, 4) is 11.5 Å². The Hall–Kier alpha value is -2.04. The Labute approximate surface area is 137 Å². The number of para-hydroxylation sites is 1. The molecular weight excluding hydrogens is 320 g/mol. The smallest absolute Gasteiger partial charge is 0.427 e. The molecule has 0 radical (unpaired) electrons. The van der Waals surface area contributed by atoms with E-state index in [2.05, 4.69) is 0 Å². The Morgan fingerprint density at radius 3 is 1.79 bits per heavy atom. The third kappa shape index (κ3) is 2.06. The zero-order valence-electron chi connectivity index (χ0n) is 12.8. The summed E-state index contributed by atoms with van der Waals surface area (Å²) < 4.78 is 61.6. The lowest BCUT2D eigenvalue weighted by molar-refractivity contribution is -0.338. The molecule has 1 atom stereocenters. The average molecular weight is 336 g/mol. The maximum atomic E-state index is 15.3. The van der Waals surface area contributed by atoms with E-state index >= 15 is 4.39 Å². The number of hydrogen-bond acceptors (Lipinski definition) is 1. The molecule has 2 aromatic rings. The van der Waals surface area contributed by atoms with Gasteiger partial charge in [-0.25, -0.2) is 4.39 Å². The summed E-state index contributed by atoms with van der Waals surface area (Å²) in [5.74, 6) is 1.22. The van der Waals surface area contributed by atoms with Crippen molar-refractivity contribution in [3.63, 3.8) is 0 Å². The van der Waals surface area contributed by atoms with Crippen LogP contribution in [0.15, 0.2) is 54.6 Å². The Balaban J connectivity index is 1.63. The van der Waals surface area contributed by atoms with Gasteiger partial charge in [0, 0.05) is 5.41 Å². The van der Waals surface area contributed by atoms with E-state index in [1.54, 1.807) is 24.3 Å². The molecule has 5 rings (SSSR count). The summed E-state index contributed by atoms with van der Waals surface area (Å²) in [6, 6.07) is 14.1. The molecule has 3 aliphatic rings. The van der Waals surface area contributed by atoms with Gasteiger partial charge in [-0.15, -0.1) is 0 Å². The fourth-order valence-electron chi connectivity index (χ4n) is 4.05. The Bertz CT molecular complexity index is 721. The van der Waals surface area contributed by atoms with E-state index in [0.29, 0.717) is 30.8 Å². The SMILES string of the molecule is FC(F)(F)C(F)(c1ccc(Oc2ccccc2)cc1)C12CC(C1)C2. The van der Waals surface area contributed by atoms with Crippen LogP contribution in [-0.4, -0.2) is 6.18 Å². The number of halogens is 4. The molecule has 24 heavy (non-hydrogen) atoms. The predicted octanol–water partition coefficient (Wildman–Crippen LogP) is 6.01. The second-order valence-electron chi connectivity index (χ2n) is 6.85. The predicted molar refractivity (Wildman–Crippen MR) is 81.6 cm³/mol. The molecule has 126 valence electrons. The summed E-state index contributed by atoms with van der Waals surface area (Å²) in [5, 5.41) is 0. The molecule has 0 heterocycles. The van der Waals surface area contributed by atoms with E-state index in [0.717, 1.165) is 0 Å². The van der Waals surface area contributed by atoms with Crippen molar-refractivity contribution >= 4 is 0 Å². The molecule has 0 saturated heterocycles. The molecule has 1 unspecified atom stereocenters. The normalized spacial score (nSPS) is 27.6. The summed E-state index contributed by atoms with van der Waals surface area (Å²) in [6.45, 7) is 0. The third-order valence-corrected chi connectivity index (χ3v) is 5.39. The van der Waals surface area contributed by atoms with Crippen LogP contribution in [0.4, 0.5) is 17.6 Å². The lowest BCUT2D eigenvalue weighted by atomic mass is 9.38. The topological polar surface area (TPSA) is 9.23 Å². The van der Waals surface area contributed by atoms with Crippen LogP contribution in [0, 0.1) is 11.3 Å². The largest absolute Gasteiger partial charge is 0.457 e. The van der Waals surface area contributed by atoms with Gasteiger partial charge in [-0.3, -0.25) is 0 Å². The van der Waals surface area contributed by atoms with Crippen molar-refractivity contribution < 1.29 is 22.3 Å². The van der Waals surface area contributed by atoms with Crippen molar-refractivity contribution in [2.24, 2.45) is 11.3 Å². The van der Waals surface area contributed by atoms with Crippen molar-refractivity contribution in [1.82, 2.24) is 0 Å². The van der Waals surface area contributed by atoms with E-state index in [9.17, 15) is 13.2 Å². The van der Waals surface area contributed by atoms with Crippen LogP contribution in [0.1, 0.15) is 24.8 Å². The number of rotatable bonds is 4. The highest BCUT2D eigenvalue weighted by Crippen LogP contribution is 2.75. The molecule has 0 amide bonds. The zero-order valence-corrected chi connectivity index (χ0v) is 12.8. The van der Waals surface area contributed by atoms with Crippen LogP contribution in [0.3, 0.4) is 0 Å². The molecule has 0 aromatic heterocycles. The van der Waals surface area contributed by atoms with Crippen LogP contribution in [0.2, 0.25) is 0 Å². The minimum absolute atomic E-state index is 0.267. The minimum Gasteiger partial charge on any atom is -0.457 e. The standard InChI is InChI=1S/C19H16F4O/c20-18(19(21,22)23,17-10-13(11-17)12-17)14-6-8-16(9-7-14)24-15-4-2-1-3-5-15/h1-9,13H,10-12H2. The molecule has 3 fully saturated rings. The van der Waals surface area contributed by atoms with Gasteiger partial charge < -0.3 is 4.74 Å². The van der Waals surface area contributed by atoms with E-state index < -0.39 is 17.3 Å². The second kappa shape index (κ2) is 4.98. The highest BCUT2D eigenvalue weighted by atomic mass is 19.4. The van der Waals surface area contributed by atoms with E-state index in [-0.39, 0.29) is 11.5 Å². The van der Waals surface area contributed by atoms with Crippen LogP contribution < -0.4 is 4.74 Å². The van der Waals surface area contributed by atoms with Gasteiger partial charge in [0.15, 0.2) is 0 Å². The summed E-state index contributed by atoms with van der Waals surface area (Å²) >= 11 is 0. The van der Waals surface area contributed by atoms with E-state index in [1.165, 1.54) is 24.3 Å². The van der Waals surface area contributed by atoms with Crippen molar-refractivity contribution in [2.45, 2.75) is 31.1 Å². The van der Waals surface area contributed by atoms with Gasteiger partial charge in [0.1, 0.15) is 11.5 Å². The first-order valence-electron chi connectivity index (χ1n) is 7.93. The van der Waals surface area contributed by atoms with Gasteiger partial charge in [0.05, 0.1) is 0 Å². The summed E-state index contributed by atoms with van der Waals surface area (Å²) in [6.07, 6.45) is -3.94. The van der Waals surface area contributed by atoms with Crippen LogP contribution in [0.5, 0.6) is 11.5 Å². The number of hydrogen-bond donors (Lipinski definition) is 0. The lowest BCUT2D eigenvalue weighted by Gasteiger charge is -2.67. The van der Waals surface area contributed by atoms with Gasteiger partial charge in [-0.05, 0) is 55.0 Å². The highest BCUT2D eigenvalue weighted by molar-refractivity contribution is 5.38. The maximum Gasteiger partial charge on any atom is 0.427 e. The van der Waals surface area contributed by atoms with Crippen molar-refractivity contribution in [2.75, 3.05) is 0 Å². The Kier molecular flexibility index (Phi) is 3.21. The van der Waals surface area contributed by atoms with E-state index in [1.807, 2.05) is 6.07 Å². The maximum absolute atomic E-state index is 15.3. The van der Waals surface area contributed by atoms with Gasteiger partial charge in [-0.1, -0.05) is 30.3 Å². The number of benzene rings is 2. The fraction of sp³-hybridized carbons (Fsp3) is 0.368. The lowest BCUT2D eigenvalue weighted by Crippen LogP contribution is -2.66. The quantitative estimate of drug-likeness (QED) is 0.622. The van der Waals surface area contributed by atoms with E-state index in [4.69, 9.17) is 4.74 Å². The molecule has 3 aliphatic carbocycles. The second-order valence-corrected chi connectivity index (χ2v) is 6.85. The zero-order chi connectivity index (χ0) is 17.0. The molecule has 1 nitrogen and oxygen atoms in total. The summed E-state index contributed by atoms with van der Waals surface area (Å²) in [5.41, 5.74) is -4.87. The highest BCUT2D eigenvalue weighted by Gasteiger charge is 2.77. The molecular formula is C19H16F4O. The number of alkyl halides is 4. The molecule has 3 saturated carbocycles. The van der Waals surface area contributed by atoms with Gasteiger partial charge in [0.2, 0.25) is 5.67 Å². The molecule has 0 aliphatic heterocycles. The Morgan fingerprint density at radius 2 is 1.33 bits per heavy atom. The monoisotopic (exact) mass is 336 g/mol. The first kappa shape index (κ1) is 15.5. The van der Waals surface area contributed by atoms with Crippen LogP contribution in [-0.2, 0) is 5.67 Å². The molecule has 2 aromatic carbocycles. The summed E-state index contributed by atoms with van der Waals surface area (Å²) in [7, 11) is 0. The first-order valence-corrected chi connectivity index (χ1v) is 7.93. The Morgan fingerprint density at radius 1 is 0.792 bits per heavy atom. The first-order chi connectivity index (χ1) is 11.3. The van der Waals surface area contributed by atoms with Gasteiger partial charge >= 0.3 is 6.18 Å². The molecule has 0 spiro atoms. The van der Waals surface area contributed by atoms with Crippen LogP contribution >= 0.6 is 0 Å². The van der Waals surface area contributed by atoms with Crippen molar-refractivity contribution in [3.05, 3.63) is 60.2 Å². The van der Waals surface area contributed by atoms with Crippen molar-refractivity contribution in [1.29, 1.82) is 0 Å². The summed E-state index contributed by atoms with van der Waals surface area (Å²) in [4.78, 5) is 0.